The smallest absolute Gasteiger partial charge is 0.408 e. The van der Waals surface area contributed by atoms with Crippen LogP contribution in [0.25, 0.3) is 0 Å². The number of nitrogens with one attached hydrogen (secondary N) is 1. The molecule has 0 bridgehead atoms. The van der Waals surface area contributed by atoms with E-state index in [2.05, 4.69) is 5.32 Å². The fraction of sp³-hybridized carbons (Fsp3) is 0.769. The highest BCUT2D eigenvalue weighted by Crippen LogP contribution is 2.12. The summed E-state index contributed by atoms with van der Waals surface area (Å²) in [5, 5.41) is 11.3. The summed E-state index contributed by atoms with van der Waals surface area (Å²) in [5.74, 6) is -1.01. The Balaban J connectivity index is 4.30. The zero-order valence-corrected chi connectivity index (χ0v) is 11.9. The quantitative estimate of drug-likeness (QED) is 0.692. The molecule has 0 aromatic heterocycles. The van der Waals surface area contributed by atoms with Gasteiger partial charge in [0.2, 0.25) is 0 Å². The molecule has 0 aromatic carbocycles. The minimum atomic E-state index is -1.11. The zero-order valence-electron chi connectivity index (χ0n) is 11.9. The molecular weight excluding hydrogens is 250 g/mol. The van der Waals surface area contributed by atoms with E-state index in [-0.39, 0.29) is 12.3 Å². The van der Waals surface area contributed by atoms with Gasteiger partial charge in [-0.2, -0.15) is 0 Å². The fourth-order valence-corrected chi connectivity index (χ4v) is 1.44. The number of amides is 1. The maximum Gasteiger partial charge on any atom is 0.408 e. The lowest BCUT2D eigenvalue weighted by molar-refractivity contribution is -0.139. The van der Waals surface area contributed by atoms with Crippen molar-refractivity contribution in [3.05, 3.63) is 0 Å². The van der Waals surface area contributed by atoms with Crippen LogP contribution in [0.3, 0.4) is 0 Å². The number of alkyl carbamates (subject to hydrolysis) is 1. The van der Waals surface area contributed by atoms with Gasteiger partial charge in [0.05, 0.1) is 0 Å². The molecule has 0 fully saturated rings. The van der Waals surface area contributed by atoms with Gasteiger partial charge >= 0.3 is 12.1 Å². The molecule has 2 atom stereocenters. The maximum atomic E-state index is 11.5. The van der Waals surface area contributed by atoms with Crippen molar-refractivity contribution in [2.24, 2.45) is 5.92 Å². The van der Waals surface area contributed by atoms with E-state index in [0.717, 1.165) is 6.29 Å². The van der Waals surface area contributed by atoms with Crippen LogP contribution in [0.2, 0.25) is 0 Å². The number of carboxylic acid groups (broad SMARTS) is 1. The predicted octanol–water partition coefficient (Wildman–Crippen LogP) is 1.97. The number of hydrogen-bond donors (Lipinski definition) is 2. The van der Waals surface area contributed by atoms with Crippen LogP contribution < -0.4 is 5.32 Å². The second kappa shape index (κ2) is 7.76. The van der Waals surface area contributed by atoms with Crippen LogP contribution in [-0.4, -0.2) is 35.1 Å². The molecule has 0 spiro atoms. The van der Waals surface area contributed by atoms with Crippen LogP contribution in [0.4, 0.5) is 4.79 Å². The molecule has 6 nitrogen and oxygen atoms in total. The largest absolute Gasteiger partial charge is 0.480 e. The highest BCUT2D eigenvalue weighted by Gasteiger charge is 2.24. The summed E-state index contributed by atoms with van der Waals surface area (Å²) in [6.07, 6.45) is 1.26. The Kier molecular flexibility index (Phi) is 7.11. The predicted molar refractivity (Wildman–Crippen MR) is 69.9 cm³/mol. The van der Waals surface area contributed by atoms with Crippen LogP contribution in [-0.2, 0) is 14.3 Å². The fourth-order valence-electron chi connectivity index (χ4n) is 1.44. The normalized spacial score (nSPS) is 14.3. The summed E-state index contributed by atoms with van der Waals surface area (Å²) >= 11 is 0. The molecule has 0 saturated heterocycles. The molecule has 0 aromatic rings. The lowest BCUT2D eigenvalue weighted by Gasteiger charge is -2.22. The van der Waals surface area contributed by atoms with Crippen LogP contribution in [0.1, 0.15) is 47.0 Å². The molecular formula is C13H23NO5. The molecule has 0 aliphatic heterocycles. The molecule has 6 heteroatoms. The average Bonchev–Trinajstić information content (AvgIpc) is 2.21. The monoisotopic (exact) mass is 273 g/mol. The standard InChI is InChI=1S/C13H23NO5/c1-9(7-8-15)5-6-10(11(16)17)14-12(18)19-13(2,3)4/h8-10H,5-7H2,1-4H3,(H,14,18)(H,16,17)/t9?,10-/m1/s1. The first-order valence-corrected chi connectivity index (χ1v) is 6.31. The van der Waals surface area contributed by atoms with Crippen molar-refractivity contribution in [1.82, 2.24) is 5.32 Å². The number of carbonyl (C=O) groups excluding carboxylic acids is 2. The number of carboxylic acids is 1. The molecule has 0 heterocycles. The number of aliphatic carboxylic acids is 1. The Morgan fingerprint density at radius 1 is 1.32 bits per heavy atom. The minimum Gasteiger partial charge on any atom is -0.480 e. The first-order chi connectivity index (χ1) is 8.65. The van der Waals surface area contributed by atoms with Gasteiger partial charge in [-0.25, -0.2) is 9.59 Å². The topological polar surface area (TPSA) is 92.7 Å². The second-order valence-corrected chi connectivity index (χ2v) is 5.62. The minimum absolute atomic E-state index is 0.0970. The van der Waals surface area contributed by atoms with E-state index in [9.17, 15) is 14.4 Å². The summed E-state index contributed by atoms with van der Waals surface area (Å²) in [5.41, 5.74) is -0.669. The van der Waals surface area contributed by atoms with E-state index < -0.39 is 23.7 Å². The van der Waals surface area contributed by atoms with Crippen molar-refractivity contribution in [2.45, 2.75) is 58.6 Å². The van der Waals surface area contributed by atoms with Gasteiger partial charge in [-0.3, -0.25) is 0 Å². The van der Waals surface area contributed by atoms with Crippen LogP contribution in [0.5, 0.6) is 0 Å². The highest BCUT2D eigenvalue weighted by atomic mass is 16.6. The Hall–Kier alpha value is -1.59. The highest BCUT2D eigenvalue weighted by molar-refractivity contribution is 5.79. The van der Waals surface area contributed by atoms with Gasteiger partial charge in [0, 0.05) is 6.42 Å². The Bertz CT molecular complexity index is 321. The Morgan fingerprint density at radius 3 is 2.32 bits per heavy atom. The number of aldehydes is 1. The van der Waals surface area contributed by atoms with Gasteiger partial charge in [-0.05, 0) is 39.5 Å². The lowest BCUT2D eigenvalue weighted by atomic mass is 9.99. The van der Waals surface area contributed by atoms with Gasteiger partial charge in [-0.15, -0.1) is 0 Å². The average molecular weight is 273 g/mol. The molecule has 19 heavy (non-hydrogen) atoms. The molecule has 0 saturated carbocycles. The van der Waals surface area contributed by atoms with Crippen LogP contribution >= 0.6 is 0 Å². The van der Waals surface area contributed by atoms with Crippen LogP contribution in [0, 0.1) is 5.92 Å². The van der Waals surface area contributed by atoms with E-state index in [1.807, 2.05) is 6.92 Å². The molecule has 1 unspecified atom stereocenters. The third kappa shape index (κ3) is 9.04. The number of carbonyl (C=O) groups is 3. The van der Waals surface area contributed by atoms with Gasteiger partial charge in [0.1, 0.15) is 17.9 Å². The third-order valence-electron chi connectivity index (χ3n) is 2.44. The molecule has 2 N–H and O–H groups in total. The van der Waals surface area contributed by atoms with E-state index >= 15 is 0 Å². The van der Waals surface area contributed by atoms with Crippen molar-refractivity contribution in [1.29, 1.82) is 0 Å². The molecule has 110 valence electrons. The summed E-state index contributed by atoms with van der Waals surface area (Å²) in [4.78, 5) is 32.8. The van der Waals surface area contributed by atoms with E-state index in [1.165, 1.54) is 0 Å². The van der Waals surface area contributed by atoms with E-state index in [1.54, 1.807) is 20.8 Å². The molecule has 0 aliphatic rings. The first-order valence-electron chi connectivity index (χ1n) is 6.31. The number of rotatable bonds is 7. The van der Waals surface area contributed by atoms with Crippen molar-refractivity contribution in [3.8, 4) is 0 Å². The van der Waals surface area contributed by atoms with Gasteiger partial charge in [-0.1, -0.05) is 6.92 Å². The molecule has 0 rings (SSSR count). The summed E-state index contributed by atoms with van der Waals surface area (Å²) < 4.78 is 5.00. The molecule has 0 aliphatic carbocycles. The number of hydrogen-bond acceptors (Lipinski definition) is 4. The lowest BCUT2D eigenvalue weighted by Crippen LogP contribution is -2.43. The third-order valence-corrected chi connectivity index (χ3v) is 2.44. The molecule has 1 amide bonds. The van der Waals surface area contributed by atoms with E-state index in [0.29, 0.717) is 12.8 Å². The maximum absolute atomic E-state index is 11.5. The van der Waals surface area contributed by atoms with Gasteiger partial charge in [0.15, 0.2) is 0 Å². The Labute approximate surface area is 113 Å². The van der Waals surface area contributed by atoms with Crippen molar-refractivity contribution in [2.75, 3.05) is 0 Å². The van der Waals surface area contributed by atoms with E-state index in [4.69, 9.17) is 9.84 Å². The van der Waals surface area contributed by atoms with Crippen molar-refractivity contribution >= 4 is 18.3 Å². The Morgan fingerprint density at radius 2 is 1.89 bits per heavy atom. The van der Waals surface area contributed by atoms with Gasteiger partial charge < -0.3 is 20.0 Å². The molecule has 0 radical (unpaired) electrons. The van der Waals surface area contributed by atoms with Crippen LogP contribution in [0.15, 0.2) is 0 Å². The zero-order chi connectivity index (χ0) is 15.1. The second-order valence-electron chi connectivity index (χ2n) is 5.62. The van der Waals surface area contributed by atoms with Crippen molar-refractivity contribution in [3.63, 3.8) is 0 Å². The SMILES string of the molecule is CC(CC=O)CC[C@@H](NC(=O)OC(C)(C)C)C(=O)O. The van der Waals surface area contributed by atoms with Gasteiger partial charge in [0.25, 0.3) is 0 Å². The first kappa shape index (κ1) is 17.4. The number of ether oxygens (including phenoxy) is 1. The van der Waals surface area contributed by atoms with Crippen molar-refractivity contribution < 1.29 is 24.2 Å². The summed E-state index contributed by atoms with van der Waals surface area (Å²) in [6, 6.07) is -0.996. The summed E-state index contributed by atoms with van der Waals surface area (Å²) in [7, 11) is 0. The summed E-state index contributed by atoms with van der Waals surface area (Å²) in [6.45, 7) is 6.97.